The van der Waals surface area contributed by atoms with Gasteiger partial charge in [0.05, 0.1) is 18.6 Å². The molecule has 21 heavy (non-hydrogen) atoms. The third kappa shape index (κ3) is 2.80. The van der Waals surface area contributed by atoms with Crippen LogP contribution in [0.25, 0.3) is 0 Å². The Kier molecular flexibility index (Phi) is 3.95. The lowest BCUT2D eigenvalue weighted by Gasteiger charge is -2.27. The molecule has 3 nitrogen and oxygen atoms in total. The highest BCUT2D eigenvalue weighted by molar-refractivity contribution is 6.31. The minimum Gasteiger partial charge on any atom is -0.484 e. The number of fused-ring (bicyclic) bond motifs is 1. The number of benzene rings is 2. The van der Waals surface area contributed by atoms with Gasteiger partial charge < -0.3 is 9.47 Å². The van der Waals surface area contributed by atoms with E-state index in [1.807, 2.05) is 24.3 Å². The van der Waals surface area contributed by atoms with Gasteiger partial charge in [0.1, 0.15) is 11.9 Å². The molecular weight excluding hydrogens is 288 g/mol. The second-order valence-electron chi connectivity index (χ2n) is 5.01. The normalized spacial score (nSPS) is 17.2. The number of hydrogen-bond donors (Lipinski definition) is 0. The Morgan fingerprint density at radius 2 is 2.10 bits per heavy atom. The van der Waals surface area contributed by atoms with E-state index in [1.54, 1.807) is 25.3 Å². The van der Waals surface area contributed by atoms with Crippen LogP contribution in [0.1, 0.15) is 34.0 Å². The maximum Gasteiger partial charge on any atom is 0.170 e. The number of halogens is 1. The zero-order valence-electron chi connectivity index (χ0n) is 11.6. The van der Waals surface area contributed by atoms with Crippen LogP contribution >= 0.6 is 11.6 Å². The summed E-state index contributed by atoms with van der Waals surface area (Å²) in [5.41, 5.74) is 2.59. The third-order valence-corrected chi connectivity index (χ3v) is 3.82. The lowest BCUT2D eigenvalue weighted by atomic mass is 9.93. The van der Waals surface area contributed by atoms with Crippen molar-refractivity contribution in [3.05, 3.63) is 64.2 Å². The van der Waals surface area contributed by atoms with E-state index >= 15 is 0 Å². The smallest absolute Gasteiger partial charge is 0.170 e. The molecule has 0 saturated heterocycles. The van der Waals surface area contributed by atoms with Crippen LogP contribution in [0.3, 0.4) is 0 Å². The van der Waals surface area contributed by atoms with Gasteiger partial charge in [-0.1, -0.05) is 35.9 Å². The highest BCUT2D eigenvalue weighted by Crippen LogP contribution is 2.37. The molecule has 2 aromatic rings. The first kappa shape index (κ1) is 14.1. The largest absolute Gasteiger partial charge is 0.484 e. The standard InChI is InChI=1S/C17H15ClO3/c1-20-10-11-4-2-3-5-13(11)17-9-15(19)14-8-12(18)6-7-16(14)21-17/h2-8,17H,9-10H2,1H3. The molecule has 0 spiro atoms. The van der Waals surface area contributed by atoms with E-state index in [9.17, 15) is 4.79 Å². The number of hydrogen-bond acceptors (Lipinski definition) is 3. The number of ether oxygens (including phenoxy) is 2. The van der Waals surface area contributed by atoms with Gasteiger partial charge in [-0.3, -0.25) is 4.79 Å². The van der Waals surface area contributed by atoms with Crippen LogP contribution < -0.4 is 4.74 Å². The van der Waals surface area contributed by atoms with Crippen molar-refractivity contribution in [3.8, 4) is 5.75 Å². The summed E-state index contributed by atoms with van der Waals surface area (Å²) >= 11 is 5.94. The van der Waals surface area contributed by atoms with Crippen molar-refractivity contribution < 1.29 is 14.3 Å². The summed E-state index contributed by atoms with van der Waals surface area (Å²) in [6, 6.07) is 13.0. The second kappa shape index (κ2) is 5.88. The first-order chi connectivity index (χ1) is 10.2. The number of carbonyl (C=O) groups excluding carboxylic acids is 1. The van der Waals surface area contributed by atoms with E-state index in [0.29, 0.717) is 29.4 Å². The molecule has 1 atom stereocenters. The lowest BCUT2D eigenvalue weighted by molar-refractivity contribution is 0.0845. The second-order valence-corrected chi connectivity index (χ2v) is 5.44. The Morgan fingerprint density at radius 1 is 1.29 bits per heavy atom. The van der Waals surface area contributed by atoms with E-state index in [4.69, 9.17) is 21.1 Å². The SMILES string of the molecule is COCc1ccccc1C1CC(=O)c2cc(Cl)ccc2O1. The van der Waals surface area contributed by atoms with Gasteiger partial charge >= 0.3 is 0 Å². The fourth-order valence-electron chi connectivity index (χ4n) is 2.60. The molecule has 0 N–H and O–H groups in total. The maximum absolute atomic E-state index is 12.3. The first-order valence-electron chi connectivity index (χ1n) is 6.75. The summed E-state index contributed by atoms with van der Waals surface area (Å²) < 4.78 is 11.2. The van der Waals surface area contributed by atoms with Gasteiger partial charge in [0, 0.05) is 12.1 Å². The molecule has 0 aliphatic carbocycles. The lowest BCUT2D eigenvalue weighted by Crippen LogP contribution is -2.21. The zero-order chi connectivity index (χ0) is 14.8. The van der Waals surface area contributed by atoms with Crippen molar-refractivity contribution in [3.63, 3.8) is 0 Å². The minimum absolute atomic E-state index is 0.0518. The van der Waals surface area contributed by atoms with Crippen molar-refractivity contribution in [2.45, 2.75) is 19.1 Å². The summed E-state index contributed by atoms with van der Waals surface area (Å²) in [5, 5.41) is 0.545. The van der Waals surface area contributed by atoms with Crippen LogP contribution in [0.4, 0.5) is 0 Å². The number of ketones is 1. The van der Waals surface area contributed by atoms with Crippen molar-refractivity contribution in [1.29, 1.82) is 0 Å². The molecular formula is C17H15ClO3. The fourth-order valence-corrected chi connectivity index (χ4v) is 2.78. The van der Waals surface area contributed by atoms with E-state index in [-0.39, 0.29) is 11.9 Å². The Balaban J connectivity index is 1.96. The number of rotatable bonds is 3. The van der Waals surface area contributed by atoms with Gasteiger partial charge in [-0.25, -0.2) is 0 Å². The van der Waals surface area contributed by atoms with Gasteiger partial charge in [0.25, 0.3) is 0 Å². The average molecular weight is 303 g/mol. The van der Waals surface area contributed by atoms with Crippen molar-refractivity contribution in [2.24, 2.45) is 0 Å². The topological polar surface area (TPSA) is 35.5 Å². The predicted octanol–water partition coefficient (Wildman–Crippen LogP) is 4.19. The molecule has 108 valence electrons. The van der Waals surface area contributed by atoms with E-state index in [2.05, 4.69) is 0 Å². The van der Waals surface area contributed by atoms with Gasteiger partial charge in [-0.05, 0) is 29.3 Å². The van der Waals surface area contributed by atoms with Gasteiger partial charge in [0.2, 0.25) is 0 Å². The summed E-state index contributed by atoms with van der Waals surface area (Å²) in [6.45, 7) is 0.498. The molecule has 0 fully saturated rings. The zero-order valence-corrected chi connectivity index (χ0v) is 12.4. The molecule has 0 radical (unpaired) electrons. The van der Waals surface area contributed by atoms with Crippen LogP contribution in [0.5, 0.6) is 5.75 Å². The summed E-state index contributed by atoms with van der Waals surface area (Å²) in [6.07, 6.45) is 0.0335. The van der Waals surface area contributed by atoms with Crippen LogP contribution in [-0.4, -0.2) is 12.9 Å². The van der Waals surface area contributed by atoms with E-state index in [1.165, 1.54) is 0 Å². The molecule has 4 heteroatoms. The molecule has 2 aromatic carbocycles. The van der Waals surface area contributed by atoms with Crippen LogP contribution in [0.2, 0.25) is 5.02 Å². The number of methoxy groups -OCH3 is 1. The van der Waals surface area contributed by atoms with Gasteiger partial charge in [-0.15, -0.1) is 0 Å². The van der Waals surface area contributed by atoms with Crippen molar-refractivity contribution in [2.75, 3.05) is 7.11 Å². The fraction of sp³-hybridized carbons (Fsp3) is 0.235. The molecule has 0 bridgehead atoms. The number of Topliss-reactive ketones (excluding diaryl/α,β-unsaturated/α-hetero) is 1. The van der Waals surface area contributed by atoms with Crippen LogP contribution in [-0.2, 0) is 11.3 Å². The Bertz CT molecular complexity index is 681. The van der Waals surface area contributed by atoms with E-state index < -0.39 is 0 Å². The molecule has 0 amide bonds. The maximum atomic E-state index is 12.3. The minimum atomic E-state index is -0.280. The molecule has 1 aliphatic rings. The summed E-state index contributed by atoms with van der Waals surface area (Å²) in [7, 11) is 1.65. The third-order valence-electron chi connectivity index (χ3n) is 3.58. The van der Waals surface area contributed by atoms with Crippen LogP contribution in [0.15, 0.2) is 42.5 Å². The average Bonchev–Trinajstić information content (AvgIpc) is 2.49. The molecule has 1 aliphatic heterocycles. The molecule has 0 saturated carbocycles. The predicted molar refractivity (Wildman–Crippen MR) is 80.9 cm³/mol. The Hall–Kier alpha value is -1.84. The van der Waals surface area contributed by atoms with Crippen molar-refractivity contribution in [1.82, 2.24) is 0 Å². The quantitative estimate of drug-likeness (QED) is 0.852. The Morgan fingerprint density at radius 3 is 2.90 bits per heavy atom. The highest BCUT2D eigenvalue weighted by atomic mass is 35.5. The monoisotopic (exact) mass is 302 g/mol. The first-order valence-corrected chi connectivity index (χ1v) is 7.13. The number of carbonyl (C=O) groups is 1. The summed E-state index contributed by atoms with van der Waals surface area (Å²) in [4.78, 5) is 12.3. The van der Waals surface area contributed by atoms with E-state index in [0.717, 1.165) is 11.1 Å². The molecule has 1 unspecified atom stereocenters. The van der Waals surface area contributed by atoms with Gasteiger partial charge in [-0.2, -0.15) is 0 Å². The molecule has 3 rings (SSSR count). The highest BCUT2D eigenvalue weighted by Gasteiger charge is 2.29. The molecule has 1 heterocycles. The summed E-state index contributed by atoms with van der Waals surface area (Å²) in [5.74, 6) is 0.642. The Labute approximate surface area is 128 Å². The van der Waals surface area contributed by atoms with Crippen LogP contribution in [0, 0.1) is 0 Å². The molecule has 0 aromatic heterocycles. The van der Waals surface area contributed by atoms with Crippen molar-refractivity contribution >= 4 is 17.4 Å². The van der Waals surface area contributed by atoms with Gasteiger partial charge in [0.15, 0.2) is 5.78 Å².